The topological polar surface area (TPSA) is 99.8 Å². The average molecular weight is 389 g/mol. The summed E-state index contributed by atoms with van der Waals surface area (Å²) in [5.41, 5.74) is 2.84. The van der Waals surface area contributed by atoms with E-state index >= 15 is 0 Å². The Morgan fingerprint density at radius 2 is 1.88 bits per heavy atom. The lowest BCUT2D eigenvalue weighted by Crippen LogP contribution is -2.15. The van der Waals surface area contributed by atoms with Crippen molar-refractivity contribution in [1.82, 2.24) is 14.4 Å². The zero-order valence-corrected chi connectivity index (χ0v) is 15.2. The standard InChI is InChI=1S/C17H14ClN4O3P/c1-10-5-4-6-11(18)15(10)21-16-14-9-19-17(26(23,24)25)22(14)13-8-3-2-7-12(13)20-16/h2-9H,1H3,(H,20,21)(H2,23,24,25). The summed E-state index contributed by atoms with van der Waals surface area (Å²) in [5.74, 6) is 0.409. The third kappa shape index (κ3) is 2.75. The van der Waals surface area contributed by atoms with Crippen LogP contribution in [0.5, 0.6) is 0 Å². The van der Waals surface area contributed by atoms with E-state index in [2.05, 4.69) is 15.3 Å². The molecule has 2 heterocycles. The molecule has 0 spiro atoms. The summed E-state index contributed by atoms with van der Waals surface area (Å²) in [6, 6.07) is 12.6. The average Bonchev–Trinajstić information content (AvgIpc) is 3.04. The van der Waals surface area contributed by atoms with Crippen LogP contribution in [0.25, 0.3) is 16.6 Å². The normalized spacial score (nSPS) is 12.0. The molecular formula is C17H14ClN4O3P. The molecule has 0 aliphatic rings. The molecule has 7 nitrogen and oxygen atoms in total. The monoisotopic (exact) mass is 388 g/mol. The summed E-state index contributed by atoms with van der Waals surface area (Å²) in [4.78, 5) is 27.9. The van der Waals surface area contributed by atoms with Gasteiger partial charge in [0.25, 0.3) is 0 Å². The number of imidazole rings is 1. The van der Waals surface area contributed by atoms with Gasteiger partial charge in [-0.15, -0.1) is 0 Å². The number of nitrogens with zero attached hydrogens (tertiary/aromatic N) is 3. The summed E-state index contributed by atoms with van der Waals surface area (Å²) in [5, 5.41) is 3.70. The van der Waals surface area contributed by atoms with Crippen molar-refractivity contribution in [3.63, 3.8) is 0 Å². The fraction of sp³-hybridized carbons (Fsp3) is 0.0588. The van der Waals surface area contributed by atoms with Crippen LogP contribution in [-0.4, -0.2) is 24.2 Å². The zero-order valence-electron chi connectivity index (χ0n) is 13.6. The van der Waals surface area contributed by atoms with Crippen molar-refractivity contribution >= 4 is 52.8 Å². The number of para-hydroxylation sites is 3. The highest BCUT2D eigenvalue weighted by atomic mass is 35.5. The fourth-order valence-corrected chi connectivity index (χ4v) is 3.83. The van der Waals surface area contributed by atoms with Crippen molar-refractivity contribution in [1.29, 1.82) is 0 Å². The van der Waals surface area contributed by atoms with Crippen LogP contribution >= 0.6 is 19.2 Å². The van der Waals surface area contributed by atoms with Crippen molar-refractivity contribution in [2.24, 2.45) is 0 Å². The van der Waals surface area contributed by atoms with Gasteiger partial charge in [0.15, 0.2) is 5.82 Å². The number of rotatable bonds is 3. The molecule has 4 rings (SSSR count). The second kappa shape index (κ2) is 6.07. The zero-order chi connectivity index (χ0) is 18.5. The second-order valence-electron chi connectivity index (χ2n) is 5.83. The third-order valence-corrected chi connectivity index (χ3v) is 5.22. The van der Waals surface area contributed by atoms with Crippen molar-refractivity contribution < 1.29 is 14.4 Å². The second-order valence-corrected chi connectivity index (χ2v) is 7.72. The Bertz CT molecular complexity index is 1180. The van der Waals surface area contributed by atoms with E-state index in [1.54, 1.807) is 30.3 Å². The van der Waals surface area contributed by atoms with Gasteiger partial charge in [-0.05, 0) is 30.7 Å². The third-order valence-electron chi connectivity index (χ3n) is 4.07. The maximum Gasteiger partial charge on any atom is 0.391 e. The first-order valence-corrected chi connectivity index (χ1v) is 9.70. The van der Waals surface area contributed by atoms with Gasteiger partial charge in [-0.2, -0.15) is 0 Å². The number of benzene rings is 2. The number of aryl methyl sites for hydroxylation is 1. The first-order valence-electron chi connectivity index (χ1n) is 7.71. The Morgan fingerprint density at radius 3 is 2.62 bits per heavy atom. The Balaban J connectivity index is 2.04. The molecular weight excluding hydrogens is 375 g/mol. The largest absolute Gasteiger partial charge is 0.391 e. The molecule has 3 N–H and O–H groups in total. The number of fused-ring (bicyclic) bond motifs is 3. The van der Waals surface area contributed by atoms with Crippen LogP contribution in [0, 0.1) is 6.92 Å². The van der Waals surface area contributed by atoms with Crippen molar-refractivity contribution in [2.75, 3.05) is 5.32 Å². The van der Waals surface area contributed by atoms with E-state index in [1.165, 1.54) is 10.6 Å². The molecule has 0 unspecified atom stereocenters. The quantitative estimate of drug-likeness (QED) is 0.465. The molecule has 4 aromatic rings. The number of aromatic nitrogens is 3. The minimum Gasteiger partial charge on any atom is -0.337 e. The van der Waals surface area contributed by atoms with Gasteiger partial charge in [0.2, 0.25) is 5.57 Å². The summed E-state index contributed by atoms with van der Waals surface area (Å²) in [6.07, 6.45) is 1.39. The van der Waals surface area contributed by atoms with Gasteiger partial charge in [0.05, 0.1) is 27.9 Å². The molecule has 2 aromatic carbocycles. The summed E-state index contributed by atoms with van der Waals surface area (Å²) in [7, 11) is -4.57. The molecule has 132 valence electrons. The van der Waals surface area contributed by atoms with E-state index in [0.717, 1.165) is 5.56 Å². The van der Waals surface area contributed by atoms with Gasteiger partial charge in [-0.3, -0.25) is 8.97 Å². The highest BCUT2D eigenvalue weighted by Crippen LogP contribution is 2.36. The van der Waals surface area contributed by atoms with Crippen LogP contribution in [-0.2, 0) is 4.57 Å². The lowest BCUT2D eigenvalue weighted by atomic mass is 10.2. The Morgan fingerprint density at radius 1 is 1.12 bits per heavy atom. The Kier molecular flexibility index (Phi) is 3.97. The summed E-state index contributed by atoms with van der Waals surface area (Å²) >= 11 is 6.29. The van der Waals surface area contributed by atoms with E-state index in [0.29, 0.717) is 33.1 Å². The first kappa shape index (κ1) is 17.0. The molecule has 2 aromatic heterocycles. The summed E-state index contributed by atoms with van der Waals surface area (Å²) < 4.78 is 13.3. The SMILES string of the molecule is Cc1cccc(Cl)c1Nc1nc2ccccc2n2c(P(=O)(O)O)ncc12. The van der Waals surface area contributed by atoms with E-state index in [-0.39, 0.29) is 5.57 Å². The fourth-order valence-electron chi connectivity index (χ4n) is 2.88. The van der Waals surface area contributed by atoms with E-state index in [1.807, 2.05) is 19.1 Å². The van der Waals surface area contributed by atoms with Gasteiger partial charge in [0.1, 0.15) is 5.52 Å². The molecule has 0 aliphatic carbocycles. The number of hydrogen-bond donors (Lipinski definition) is 3. The molecule has 0 fully saturated rings. The van der Waals surface area contributed by atoms with Gasteiger partial charge in [-0.25, -0.2) is 9.97 Å². The maximum absolute atomic E-state index is 11.9. The van der Waals surface area contributed by atoms with Gasteiger partial charge in [-0.1, -0.05) is 35.9 Å². The van der Waals surface area contributed by atoms with Crippen molar-refractivity contribution in [2.45, 2.75) is 6.92 Å². The molecule has 0 aliphatic heterocycles. The highest BCUT2D eigenvalue weighted by molar-refractivity contribution is 7.59. The van der Waals surface area contributed by atoms with E-state index in [4.69, 9.17) is 11.6 Å². The van der Waals surface area contributed by atoms with E-state index < -0.39 is 7.60 Å². The number of halogens is 1. The number of nitrogens with one attached hydrogen (secondary N) is 1. The minimum atomic E-state index is -4.57. The van der Waals surface area contributed by atoms with Gasteiger partial charge >= 0.3 is 7.60 Å². The molecule has 0 amide bonds. The lowest BCUT2D eigenvalue weighted by molar-refractivity contribution is 0.385. The van der Waals surface area contributed by atoms with Crippen LogP contribution in [0.4, 0.5) is 11.5 Å². The minimum absolute atomic E-state index is 0.329. The van der Waals surface area contributed by atoms with Gasteiger partial charge in [0, 0.05) is 0 Å². The Labute approximate surface area is 153 Å². The molecule has 0 atom stereocenters. The molecule has 26 heavy (non-hydrogen) atoms. The predicted octanol–water partition coefficient (Wildman–Crippen LogP) is 3.39. The molecule has 0 saturated heterocycles. The first-order chi connectivity index (χ1) is 12.4. The smallest absolute Gasteiger partial charge is 0.337 e. The van der Waals surface area contributed by atoms with Crippen LogP contribution in [0.2, 0.25) is 5.02 Å². The molecule has 9 heteroatoms. The van der Waals surface area contributed by atoms with Crippen molar-refractivity contribution in [3.05, 3.63) is 59.2 Å². The molecule has 0 radical (unpaired) electrons. The predicted molar refractivity (Wildman–Crippen MR) is 102 cm³/mol. The van der Waals surface area contributed by atoms with Crippen LogP contribution in [0.3, 0.4) is 0 Å². The highest BCUT2D eigenvalue weighted by Gasteiger charge is 2.26. The number of hydrogen-bond acceptors (Lipinski definition) is 4. The van der Waals surface area contributed by atoms with Gasteiger partial charge < -0.3 is 15.1 Å². The van der Waals surface area contributed by atoms with Crippen LogP contribution < -0.4 is 10.9 Å². The van der Waals surface area contributed by atoms with Crippen molar-refractivity contribution in [3.8, 4) is 0 Å². The summed E-state index contributed by atoms with van der Waals surface area (Å²) in [6.45, 7) is 1.91. The van der Waals surface area contributed by atoms with E-state index in [9.17, 15) is 14.4 Å². The maximum atomic E-state index is 11.9. The molecule has 0 bridgehead atoms. The lowest BCUT2D eigenvalue weighted by Gasteiger charge is -2.14. The van der Waals surface area contributed by atoms with Crippen LogP contribution in [0.15, 0.2) is 48.7 Å². The Hall–Kier alpha value is -2.44. The molecule has 0 saturated carbocycles. The number of anilines is 2. The van der Waals surface area contributed by atoms with Crippen LogP contribution in [0.1, 0.15) is 5.56 Å².